The van der Waals surface area contributed by atoms with Gasteiger partial charge in [0.25, 0.3) is 0 Å². The zero-order valence-corrected chi connectivity index (χ0v) is 14.9. The van der Waals surface area contributed by atoms with Gasteiger partial charge in [-0.3, -0.25) is 0 Å². The third-order valence-corrected chi connectivity index (χ3v) is 2.19. The van der Waals surface area contributed by atoms with Crippen molar-refractivity contribution >= 4 is 46.5 Å². The van der Waals surface area contributed by atoms with Crippen LogP contribution in [0.3, 0.4) is 0 Å². The van der Waals surface area contributed by atoms with E-state index in [-0.39, 0.29) is 0 Å². The Morgan fingerprint density at radius 2 is 0.737 bits per heavy atom. The van der Waals surface area contributed by atoms with Crippen LogP contribution in [0.1, 0.15) is 40.0 Å². The van der Waals surface area contributed by atoms with Gasteiger partial charge in [0.2, 0.25) is 0 Å². The molecule has 3 unspecified atom stereocenters. The van der Waals surface area contributed by atoms with E-state index in [9.17, 15) is 0 Å². The van der Waals surface area contributed by atoms with Gasteiger partial charge in [0.1, 0.15) is 0 Å². The van der Waals surface area contributed by atoms with Gasteiger partial charge in [0, 0.05) is 0 Å². The van der Waals surface area contributed by atoms with E-state index in [1.807, 2.05) is 20.8 Å². The summed E-state index contributed by atoms with van der Waals surface area (Å²) in [7, 11) is -2.62. The van der Waals surface area contributed by atoms with Gasteiger partial charge in [0.05, 0.1) is 16.3 Å². The molecule has 0 aliphatic rings. The van der Waals surface area contributed by atoms with Crippen LogP contribution in [-0.2, 0) is 0 Å². The van der Waals surface area contributed by atoms with Crippen molar-refractivity contribution in [2.24, 2.45) is 0 Å². The molecule has 0 aliphatic heterocycles. The zero-order valence-electron chi connectivity index (χ0n) is 11.3. The molecule has 0 rings (SSSR count). The molecule has 122 valence electrons. The summed E-state index contributed by atoms with van der Waals surface area (Å²) < 4.78 is 0. The Labute approximate surface area is 133 Å². The minimum atomic E-state index is -2.62. The second-order valence-electron chi connectivity index (χ2n) is 2.93. The van der Waals surface area contributed by atoms with Crippen LogP contribution in [0.4, 0.5) is 0 Å². The molecule has 0 fully saturated rings. The molecule has 0 aromatic rings. The fraction of sp³-hybridized carbons (Fsp3) is 1.00. The molecule has 6 N–H and O–H groups in total. The van der Waals surface area contributed by atoms with Gasteiger partial charge in [-0.15, -0.1) is 37.9 Å². The van der Waals surface area contributed by atoms with Crippen molar-refractivity contribution in [3.63, 3.8) is 0 Å². The number of hydrogen-bond acceptors (Lipinski definition) is 9. The van der Waals surface area contributed by atoms with Gasteiger partial charge in [-0.2, -0.15) is 0 Å². The SMILES string of the molecule is CCC(O)S.CCC(O)S.CCC(O)S.OP(O)O. The monoisotopic (exact) mass is 358 g/mol. The second kappa shape index (κ2) is 24.3. The molecular weight excluding hydrogens is 331 g/mol. The maximum atomic E-state index is 8.23. The number of thiol groups is 3. The Balaban J connectivity index is -0.0000000793. The van der Waals surface area contributed by atoms with Crippen molar-refractivity contribution in [3.8, 4) is 0 Å². The van der Waals surface area contributed by atoms with E-state index in [1.54, 1.807) is 0 Å². The highest BCUT2D eigenvalue weighted by Gasteiger charge is 1.83. The first-order valence-electron chi connectivity index (χ1n) is 5.50. The minimum Gasteiger partial charge on any atom is -0.383 e. The molecule has 0 bridgehead atoms. The van der Waals surface area contributed by atoms with Crippen molar-refractivity contribution in [2.75, 3.05) is 0 Å². The van der Waals surface area contributed by atoms with E-state index in [2.05, 4.69) is 37.9 Å². The highest BCUT2D eigenvalue weighted by Crippen LogP contribution is 2.11. The summed E-state index contributed by atoms with van der Waals surface area (Å²) in [6, 6.07) is 0. The van der Waals surface area contributed by atoms with Gasteiger partial charge in [-0.1, -0.05) is 20.8 Å². The lowest BCUT2D eigenvalue weighted by molar-refractivity contribution is 0.261. The van der Waals surface area contributed by atoms with Gasteiger partial charge in [-0.05, 0) is 19.3 Å². The fourth-order valence-corrected chi connectivity index (χ4v) is 0. The van der Waals surface area contributed by atoms with E-state index in [1.165, 1.54) is 0 Å². The average molecular weight is 358 g/mol. The molecule has 0 heterocycles. The molecule has 0 radical (unpaired) electrons. The standard InChI is InChI=1S/3C3H8OS.H3O3P/c3*1-2-3(4)5;1-4(2)3/h3*3-5H,2H2,1H3;1-3H. The van der Waals surface area contributed by atoms with Gasteiger partial charge in [-0.25, -0.2) is 0 Å². The minimum absolute atomic E-state index is 0.421. The quantitative estimate of drug-likeness (QED) is 0.212. The summed E-state index contributed by atoms with van der Waals surface area (Å²) in [6.45, 7) is 5.62. The van der Waals surface area contributed by atoms with Crippen molar-refractivity contribution in [1.29, 1.82) is 0 Å². The molecule has 0 aliphatic carbocycles. The molecule has 0 amide bonds. The summed E-state index contributed by atoms with van der Waals surface area (Å²) in [5.74, 6) is 0. The smallest absolute Gasteiger partial charge is 0.324 e. The molecule has 19 heavy (non-hydrogen) atoms. The normalized spacial score (nSPS) is 13.7. The fourth-order valence-electron chi connectivity index (χ4n) is 0. The maximum absolute atomic E-state index is 8.23. The Morgan fingerprint density at radius 1 is 0.684 bits per heavy atom. The number of hydrogen-bond donors (Lipinski definition) is 9. The maximum Gasteiger partial charge on any atom is 0.324 e. The average Bonchev–Trinajstić information content (AvgIpc) is 2.29. The predicted molar refractivity (Wildman–Crippen MR) is 89.4 cm³/mol. The molecule has 0 spiro atoms. The Bertz CT molecular complexity index is 119. The third kappa shape index (κ3) is 109. The third-order valence-electron chi connectivity index (χ3n) is 1.10. The zero-order chi connectivity index (χ0) is 16.4. The van der Waals surface area contributed by atoms with Gasteiger partial charge >= 0.3 is 8.60 Å². The Hall–Kier alpha value is 1.24. The Kier molecular flexibility index (Phi) is 36.3. The van der Waals surface area contributed by atoms with Crippen LogP contribution in [0.25, 0.3) is 0 Å². The van der Waals surface area contributed by atoms with E-state index >= 15 is 0 Å². The predicted octanol–water partition coefficient (Wildman–Crippen LogP) is 1.12. The molecule has 0 saturated heterocycles. The lowest BCUT2D eigenvalue weighted by Gasteiger charge is -1.89. The number of aliphatic hydroxyl groups excluding tert-OH is 3. The van der Waals surface area contributed by atoms with Crippen molar-refractivity contribution < 1.29 is 30.0 Å². The van der Waals surface area contributed by atoms with E-state index in [0.29, 0.717) is 0 Å². The first kappa shape index (κ1) is 28.4. The molecule has 0 aromatic carbocycles. The van der Waals surface area contributed by atoms with Crippen molar-refractivity contribution in [1.82, 2.24) is 0 Å². The van der Waals surface area contributed by atoms with Crippen LogP contribution in [0.15, 0.2) is 0 Å². The molecule has 10 heteroatoms. The summed E-state index contributed by atoms with van der Waals surface area (Å²) >= 11 is 11.0. The molecule has 6 nitrogen and oxygen atoms in total. The number of rotatable bonds is 3. The molecule has 3 atom stereocenters. The van der Waals surface area contributed by atoms with Crippen LogP contribution in [0.2, 0.25) is 0 Å². The molecule has 0 saturated carbocycles. The van der Waals surface area contributed by atoms with E-state index in [0.717, 1.165) is 19.3 Å². The molecular formula is C9H27O6PS3. The van der Waals surface area contributed by atoms with Crippen LogP contribution < -0.4 is 0 Å². The second-order valence-corrected chi connectivity index (χ2v) is 5.26. The van der Waals surface area contributed by atoms with Gasteiger partial charge in [0.15, 0.2) is 0 Å². The van der Waals surface area contributed by atoms with Crippen LogP contribution in [0, 0.1) is 0 Å². The highest BCUT2D eigenvalue weighted by molar-refractivity contribution is 7.81. The molecule has 0 aromatic heterocycles. The topological polar surface area (TPSA) is 121 Å². The number of aliphatic hydroxyl groups is 3. The van der Waals surface area contributed by atoms with Gasteiger partial charge < -0.3 is 30.0 Å². The van der Waals surface area contributed by atoms with Crippen molar-refractivity contribution in [2.45, 2.75) is 56.3 Å². The highest BCUT2D eigenvalue weighted by atomic mass is 32.1. The summed E-state index contributed by atoms with van der Waals surface area (Å²) in [5, 5.41) is 24.7. The van der Waals surface area contributed by atoms with E-state index in [4.69, 9.17) is 30.0 Å². The largest absolute Gasteiger partial charge is 0.383 e. The van der Waals surface area contributed by atoms with Crippen LogP contribution in [0.5, 0.6) is 0 Å². The Morgan fingerprint density at radius 3 is 0.737 bits per heavy atom. The first-order valence-corrected chi connectivity index (χ1v) is 8.24. The lowest BCUT2D eigenvalue weighted by atomic mass is 10.5. The first-order chi connectivity index (χ1) is 8.54. The van der Waals surface area contributed by atoms with Crippen LogP contribution >= 0.6 is 46.5 Å². The lowest BCUT2D eigenvalue weighted by Crippen LogP contribution is -1.88. The summed E-state index contributed by atoms with van der Waals surface area (Å²) in [4.78, 5) is 21.7. The van der Waals surface area contributed by atoms with E-state index < -0.39 is 24.9 Å². The summed E-state index contributed by atoms with van der Waals surface area (Å²) in [5.41, 5.74) is -1.26. The van der Waals surface area contributed by atoms with Crippen molar-refractivity contribution in [3.05, 3.63) is 0 Å². The van der Waals surface area contributed by atoms with Crippen LogP contribution in [-0.4, -0.2) is 46.3 Å². The summed E-state index contributed by atoms with van der Waals surface area (Å²) in [6.07, 6.45) is 2.18.